The Morgan fingerprint density at radius 2 is 1.84 bits per heavy atom. The van der Waals surface area contributed by atoms with Crippen molar-refractivity contribution in [2.75, 3.05) is 45.6 Å². The van der Waals surface area contributed by atoms with Crippen molar-refractivity contribution in [2.45, 2.75) is 19.4 Å². The van der Waals surface area contributed by atoms with Gasteiger partial charge >= 0.3 is 0 Å². The number of imidazole rings is 1. The van der Waals surface area contributed by atoms with Crippen LogP contribution in [0.1, 0.15) is 18.4 Å². The molecular formula is C32H32F2N10. The molecule has 44 heavy (non-hydrogen) atoms. The van der Waals surface area contributed by atoms with Crippen molar-refractivity contribution in [3.63, 3.8) is 0 Å². The van der Waals surface area contributed by atoms with Gasteiger partial charge in [0.05, 0.1) is 17.1 Å². The van der Waals surface area contributed by atoms with Gasteiger partial charge in [0.15, 0.2) is 17.3 Å². The van der Waals surface area contributed by atoms with Gasteiger partial charge in [-0.3, -0.25) is 20.0 Å². The maximum Gasteiger partial charge on any atom is 0.161 e. The highest BCUT2D eigenvalue weighted by Gasteiger charge is 2.22. The Balaban J connectivity index is 1.25. The summed E-state index contributed by atoms with van der Waals surface area (Å²) in [5.74, 6) is -0.544. The Morgan fingerprint density at radius 1 is 0.977 bits per heavy atom. The predicted octanol–water partition coefficient (Wildman–Crippen LogP) is 5.47. The minimum atomic E-state index is -0.515. The number of anilines is 1. The molecule has 224 valence electrons. The van der Waals surface area contributed by atoms with Crippen LogP contribution in [0.5, 0.6) is 0 Å². The van der Waals surface area contributed by atoms with Crippen molar-refractivity contribution in [1.29, 1.82) is 0 Å². The molecule has 10 nitrogen and oxygen atoms in total. The molecule has 0 atom stereocenters. The number of hydrogen-bond acceptors (Lipinski definition) is 8. The van der Waals surface area contributed by atoms with Crippen LogP contribution in [0, 0.1) is 11.6 Å². The Hall–Kier alpha value is -4.81. The second-order valence-electron chi connectivity index (χ2n) is 11.4. The van der Waals surface area contributed by atoms with Gasteiger partial charge in [-0.25, -0.2) is 18.7 Å². The van der Waals surface area contributed by atoms with E-state index in [0.717, 1.165) is 31.7 Å². The van der Waals surface area contributed by atoms with Crippen LogP contribution in [0.25, 0.3) is 56.0 Å². The number of hydrogen-bond donors (Lipinski definition) is 3. The molecule has 0 amide bonds. The first kappa shape index (κ1) is 28.0. The summed E-state index contributed by atoms with van der Waals surface area (Å²) in [7, 11) is 3.97. The van der Waals surface area contributed by atoms with Gasteiger partial charge in [-0.2, -0.15) is 5.10 Å². The zero-order valence-electron chi connectivity index (χ0n) is 24.5. The van der Waals surface area contributed by atoms with Crippen LogP contribution in [0.15, 0.2) is 55.1 Å². The van der Waals surface area contributed by atoms with Gasteiger partial charge in [0, 0.05) is 55.0 Å². The minimum absolute atomic E-state index is 0.194. The van der Waals surface area contributed by atoms with Crippen molar-refractivity contribution < 1.29 is 8.78 Å². The molecule has 0 saturated carbocycles. The molecule has 3 N–H and O–H groups in total. The summed E-state index contributed by atoms with van der Waals surface area (Å²) < 4.78 is 30.9. The lowest BCUT2D eigenvalue weighted by Gasteiger charge is -2.14. The molecule has 1 aliphatic heterocycles. The number of aromatic nitrogens is 7. The van der Waals surface area contributed by atoms with Crippen LogP contribution in [0.4, 0.5) is 14.5 Å². The third-order valence-electron chi connectivity index (χ3n) is 7.92. The lowest BCUT2D eigenvalue weighted by molar-refractivity contribution is 0.331. The van der Waals surface area contributed by atoms with E-state index in [0.29, 0.717) is 57.1 Å². The molecule has 6 heterocycles. The van der Waals surface area contributed by atoms with E-state index in [1.165, 1.54) is 25.0 Å². The highest BCUT2D eigenvalue weighted by atomic mass is 19.1. The molecule has 7 rings (SSSR count). The van der Waals surface area contributed by atoms with Crippen LogP contribution in [-0.2, 0) is 6.54 Å². The summed E-state index contributed by atoms with van der Waals surface area (Å²) in [4.78, 5) is 25.6. The fraction of sp³-hybridized carbons (Fsp3) is 0.281. The number of benzene rings is 1. The van der Waals surface area contributed by atoms with Gasteiger partial charge in [-0.1, -0.05) is 0 Å². The van der Waals surface area contributed by atoms with Gasteiger partial charge < -0.3 is 15.2 Å². The molecule has 0 spiro atoms. The largest absolute Gasteiger partial charge is 0.384 e. The van der Waals surface area contributed by atoms with E-state index >= 15 is 4.39 Å². The zero-order chi connectivity index (χ0) is 30.2. The average molecular weight is 595 g/mol. The van der Waals surface area contributed by atoms with Gasteiger partial charge in [-0.05, 0) is 81.5 Å². The van der Waals surface area contributed by atoms with E-state index in [4.69, 9.17) is 4.98 Å². The average Bonchev–Trinajstić information content (AvgIpc) is 3.77. The summed E-state index contributed by atoms with van der Waals surface area (Å²) in [6.07, 6.45) is 9.05. The smallest absolute Gasteiger partial charge is 0.161 e. The van der Waals surface area contributed by atoms with Crippen LogP contribution < -0.4 is 5.32 Å². The first-order valence-electron chi connectivity index (χ1n) is 14.7. The van der Waals surface area contributed by atoms with Crippen molar-refractivity contribution in [3.05, 3.63) is 72.3 Å². The molecule has 1 aliphatic rings. The highest BCUT2D eigenvalue weighted by Crippen LogP contribution is 2.35. The van der Waals surface area contributed by atoms with E-state index < -0.39 is 5.82 Å². The van der Waals surface area contributed by atoms with Gasteiger partial charge in [0.1, 0.15) is 22.7 Å². The third-order valence-corrected chi connectivity index (χ3v) is 7.92. The number of likely N-dealkylation sites (N-methyl/N-ethyl adjacent to an activating group) is 1. The normalized spacial score (nSPS) is 13.9. The number of pyridine rings is 3. The lowest BCUT2D eigenvalue weighted by Crippen LogP contribution is -2.20. The summed E-state index contributed by atoms with van der Waals surface area (Å²) in [5.41, 5.74) is 5.56. The molecule has 0 radical (unpaired) electrons. The Kier molecular flexibility index (Phi) is 7.44. The number of nitrogens with one attached hydrogen (secondary N) is 3. The molecule has 0 aliphatic carbocycles. The monoisotopic (exact) mass is 594 g/mol. The number of H-pyrrole nitrogens is 2. The van der Waals surface area contributed by atoms with Crippen LogP contribution >= 0.6 is 0 Å². The van der Waals surface area contributed by atoms with Crippen molar-refractivity contribution in [2.24, 2.45) is 0 Å². The number of halogens is 2. The van der Waals surface area contributed by atoms with E-state index in [-0.39, 0.29) is 16.9 Å². The van der Waals surface area contributed by atoms with Crippen LogP contribution in [-0.4, -0.2) is 85.2 Å². The maximum atomic E-state index is 16.2. The molecule has 1 fully saturated rings. The lowest BCUT2D eigenvalue weighted by atomic mass is 10.0. The van der Waals surface area contributed by atoms with Gasteiger partial charge in [0.25, 0.3) is 0 Å². The molecule has 1 saturated heterocycles. The number of aromatic amines is 2. The minimum Gasteiger partial charge on any atom is -0.384 e. The fourth-order valence-corrected chi connectivity index (χ4v) is 5.78. The molecule has 1 aromatic carbocycles. The van der Waals surface area contributed by atoms with Crippen molar-refractivity contribution in [3.8, 4) is 33.9 Å². The fourth-order valence-electron chi connectivity index (χ4n) is 5.78. The second kappa shape index (κ2) is 11.7. The number of likely N-dealkylation sites (tertiary alicyclic amines) is 1. The number of fused-ring (bicyclic) bond motifs is 2. The van der Waals surface area contributed by atoms with Crippen molar-refractivity contribution >= 4 is 27.8 Å². The standard InChI is InChI=1S/C32H32F2N10/c1-43(2)10-7-36-23-13-20(12-22(33)14-23)24-5-6-37-31-29(24)39-32(40-31)30-26-25(41-42-30)17-38-28(27(26)34)21-11-19(15-35-16-21)18-44-8-3-4-9-44/h5-6,11-17,36H,3-4,7-10,18H2,1-2H3,(H,41,42)(H,37,39,40). The Morgan fingerprint density at radius 3 is 2.68 bits per heavy atom. The van der Waals surface area contributed by atoms with Gasteiger partial charge in [-0.15, -0.1) is 0 Å². The molecule has 5 aromatic heterocycles. The third kappa shape index (κ3) is 5.49. The van der Waals surface area contributed by atoms with Crippen LogP contribution in [0.2, 0.25) is 0 Å². The number of rotatable bonds is 9. The van der Waals surface area contributed by atoms with Gasteiger partial charge in [0.2, 0.25) is 0 Å². The summed E-state index contributed by atoms with van der Waals surface area (Å²) in [6.45, 7) is 4.36. The molecular weight excluding hydrogens is 562 g/mol. The van der Waals surface area contributed by atoms with E-state index in [2.05, 4.69) is 45.2 Å². The van der Waals surface area contributed by atoms with Crippen LogP contribution in [0.3, 0.4) is 0 Å². The Bertz CT molecular complexity index is 1960. The first-order chi connectivity index (χ1) is 21.4. The summed E-state index contributed by atoms with van der Waals surface area (Å²) >= 11 is 0. The summed E-state index contributed by atoms with van der Waals surface area (Å²) in [5, 5.41) is 10.8. The zero-order valence-corrected chi connectivity index (χ0v) is 24.5. The highest BCUT2D eigenvalue weighted by molar-refractivity contribution is 5.97. The second-order valence-corrected chi connectivity index (χ2v) is 11.4. The van der Waals surface area contributed by atoms with Crippen molar-refractivity contribution in [1.82, 2.24) is 44.9 Å². The quantitative estimate of drug-likeness (QED) is 0.202. The predicted molar refractivity (Wildman–Crippen MR) is 167 cm³/mol. The summed E-state index contributed by atoms with van der Waals surface area (Å²) in [6, 6.07) is 8.56. The number of nitrogens with zero attached hydrogens (tertiary/aromatic N) is 7. The molecule has 6 aromatic rings. The SMILES string of the molecule is CN(C)CCNc1cc(F)cc(-c2ccnc3[nH]c(-c4n[nH]c5cnc(-c6cncc(CN7CCCC7)c6)c(F)c45)nc23)c1. The van der Waals surface area contributed by atoms with E-state index in [9.17, 15) is 4.39 Å². The van der Waals surface area contributed by atoms with E-state index in [1.54, 1.807) is 24.7 Å². The topological polar surface area (TPSA) is 115 Å². The van der Waals surface area contributed by atoms with E-state index in [1.807, 2.05) is 32.4 Å². The Labute approximate surface area is 252 Å². The molecule has 12 heteroatoms. The molecule has 0 unspecified atom stereocenters. The molecule has 0 bridgehead atoms. The maximum absolute atomic E-state index is 16.2. The first-order valence-corrected chi connectivity index (χ1v) is 14.7.